The molecule has 1 atom stereocenters. The van der Waals surface area contributed by atoms with Gasteiger partial charge in [0.15, 0.2) is 5.60 Å². The van der Waals surface area contributed by atoms with Crippen LogP contribution in [0.2, 0.25) is 0 Å². The van der Waals surface area contributed by atoms with Gasteiger partial charge in [-0.25, -0.2) is 4.79 Å². The van der Waals surface area contributed by atoms with Crippen molar-refractivity contribution in [2.75, 3.05) is 13.1 Å². The van der Waals surface area contributed by atoms with Crippen LogP contribution in [-0.4, -0.2) is 35.5 Å². The first-order chi connectivity index (χ1) is 12.6. The van der Waals surface area contributed by atoms with Gasteiger partial charge in [0.2, 0.25) is 0 Å². The van der Waals surface area contributed by atoms with Crippen LogP contribution < -0.4 is 0 Å². The number of hydrogen-bond donors (Lipinski definition) is 0. The normalized spacial score (nSPS) is 23.3. The molecule has 1 saturated heterocycles. The molecule has 2 aromatic rings. The van der Waals surface area contributed by atoms with E-state index < -0.39 is 11.6 Å². The molecule has 0 N–H and O–H groups in total. The average molecular weight is 349 g/mol. The number of cyclic esters (lactones) is 1. The van der Waals surface area contributed by atoms with Gasteiger partial charge in [-0.2, -0.15) is 0 Å². The van der Waals surface area contributed by atoms with E-state index in [9.17, 15) is 9.59 Å². The average Bonchev–Trinajstić information content (AvgIpc) is 2.68. The summed E-state index contributed by atoms with van der Waals surface area (Å²) < 4.78 is 5.60. The molecule has 0 aromatic heterocycles. The van der Waals surface area contributed by atoms with Crippen LogP contribution in [0.25, 0.3) is 0 Å². The van der Waals surface area contributed by atoms with Crippen LogP contribution in [0.1, 0.15) is 47.2 Å². The zero-order chi connectivity index (χ0) is 18.1. The van der Waals surface area contributed by atoms with Crippen LogP contribution >= 0.6 is 0 Å². The number of benzene rings is 2. The summed E-state index contributed by atoms with van der Waals surface area (Å²) in [6.45, 7) is 3.15. The first-order valence-electron chi connectivity index (χ1n) is 9.22. The predicted octanol–water partition coefficient (Wildman–Crippen LogP) is 3.56. The molecule has 0 spiro atoms. The molecule has 4 nitrogen and oxygen atoms in total. The molecule has 2 aliphatic rings. The Morgan fingerprint density at radius 3 is 2.42 bits per heavy atom. The van der Waals surface area contributed by atoms with E-state index in [0.717, 1.165) is 18.4 Å². The highest BCUT2D eigenvalue weighted by molar-refractivity contribution is 5.97. The van der Waals surface area contributed by atoms with E-state index >= 15 is 0 Å². The third kappa shape index (κ3) is 3.00. The summed E-state index contributed by atoms with van der Waals surface area (Å²) in [5, 5.41) is 0. The summed E-state index contributed by atoms with van der Waals surface area (Å²) in [7, 11) is 0. The quantitative estimate of drug-likeness (QED) is 0.779. The van der Waals surface area contributed by atoms with Gasteiger partial charge in [0.25, 0.3) is 5.91 Å². The molecule has 2 aliphatic heterocycles. The van der Waals surface area contributed by atoms with E-state index in [-0.39, 0.29) is 5.91 Å². The number of piperidine rings is 1. The van der Waals surface area contributed by atoms with Gasteiger partial charge in [0.1, 0.15) is 0 Å². The first-order valence-corrected chi connectivity index (χ1v) is 9.22. The molecule has 26 heavy (non-hydrogen) atoms. The van der Waals surface area contributed by atoms with E-state index in [1.54, 1.807) is 13.0 Å². The summed E-state index contributed by atoms with van der Waals surface area (Å²) in [4.78, 5) is 27.3. The summed E-state index contributed by atoms with van der Waals surface area (Å²) in [6, 6.07) is 17.8. The largest absolute Gasteiger partial charge is 0.445 e. The highest BCUT2D eigenvalue weighted by atomic mass is 16.6. The van der Waals surface area contributed by atoms with Crippen LogP contribution in [0, 0.1) is 0 Å². The topological polar surface area (TPSA) is 46.6 Å². The van der Waals surface area contributed by atoms with Crippen molar-refractivity contribution in [2.45, 2.75) is 37.7 Å². The minimum atomic E-state index is -1.11. The first kappa shape index (κ1) is 16.8. The Hall–Kier alpha value is -2.62. The van der Waals surface area contributed by atoms with E-state index in [1.807, 2.05) is 29.2 Å². The van der Waals surface area contributed by atoms with E-state index in [4.69, 9.17) is 4.74 Å². The Labute approximate surface area is 153 Å². The number of fused-ring (bicyclic) bond motifs is 1. The summed E-state index contributed by atoms with van der Waals surface area (Å²) in [6.07, 6.45) is 2.32. The maximum absolute atomic E-state index is 13.1. The van der Waals surface area contributed by atoms with Crippen molar-refractivity contribution in [3.8, 4) is 0 Å². The lowest BCUT2D eigenvalue weighted by Gasteiger charge is -2.40. The minimum Gasteiger partial charge on any atom is -0.445 e. The van der Waals surface area contributed by atoms with Crippen molar-refractivity contribution in [3.05, 3.63) is 71.3 Å². The number of nitrogens with zero attached hydrogens (tertiary/aromatic N) is 1. The van der Waals surface area contributed by atoms with E-state index in [2.05, 4.69) is 24.3 Å². The molecule has 0 aliphatic carbocycles. The van der Waals surface area contributed by atoms with Gasteiger partial charge < -0.3 is 9.64 Å². The Bertz CT molecular complexity index is 824. The molecule has 4 rings (SSSR count). The summed E-state index contributed by atoms with van der Waals surface area (Å²) in [5.74, 6) is 0.0106. The summed E-state index contributed by atoms with van der Waals surface area (Å²) in [5.41, 5.74) is 1.69. The zero-order valence-electron chi connectivity index (χ0n) is 15.0. The lowest BCUT2D eigenvalue weighted by atomic mass is 9.86. The number of esters is 1. The van der Waals surface area contributed by atoms with Crippen molar-refractivity contribution >= 4 is 11.9 Å². The fourth-order valence-electron chi connectivity index (χ4n) is 4.13. The SMILES string of the molecule is CC1(C(=O)N2CCC(c3ccccc3)CC2)Cc2ccccc2C(=O)O1. The number of rotatable bonds is 2. The molecular formula is C22H23NO3. The Kier molecular flexibility index (Phi) is 4.27. The second kappa shape index (κ2) is 6.60. The van der Waals surface area contributed by atoms with Gasteiger partial charge in [0.05, 0.1) is 5.56 Å². The van der Waals surface area contributed by atoms with E-state index in [1.165, 1.54) is 5.56 Å². The van der Waals surface area contributed by atoms with Gasteiger partial charge in [0, 0.05) is 19.5 Å². The zero-order valence-corrected chi connectivity index (χ0v) is 15.0. The second-order valence-electron chi connectivity index (χ2n) is 7.43. The van der Waals surface area contributed by atoms with Crippen molar-refractivity contribution in [1.29, 1.82) is 0 Å². The third-order valence-electron chi connectivity index (χ3n) is 5.59. The lowest BCUT2D eigenvalue weighted by Crippen LogP contribution is -2.54. The molecule has 0 saturated carbocycles. The van der Waals surface area contributed by atoms with Gasteiger partial charge >= 0.3 is 5.97 Å². The molecule has 2 aromatic carbocycles. The van der Waals surface area contributed by atoms with Gasteiger partial charge in [-0.15, -0.1) is 0 Å². The fraction of sp³-hybridized carbons (Fsp3) is 0.364. The van der Waals surface area contributed by atoms with Gasteiger partial charge in [-0.3, -0.25) is 4.79 Å². The maximum Gasteiger partial charge on any atom is 0.339 e. The third-order valence-corrected chi connectivity index (χ3v) is 5.59. The smallest absolute Gasteiger partial charge is 0.339 e. The highest BCUT2D eigenvalue weighted by Gasteiger charge is 2.45. The number of likely N-dealkylation sites (tertiary alicyclic amines) is 1. The molecule has 1 fully saturated rings. The number of carbonyl (C=O) groups is 2. The summed E-state index contributed by atoms with van der Waals surface area (Å²) >= 11 is 0. The van der Waals surface area contributed by atoms with Crippen LogP contribution in [0.5, 0.6) is 0 Å². The van der Waals surface area contributed by atoms with Crippen molar-refractivity contribution in [2.24, 2.45) is 0 Å². The van der Waals surface area contributed by atoms with Crippen molar-refractivity contribution in [1.82, 2.24) is 4.90 Å². The van der Waals surface area contributed by atoms with Crippen LogP contribution in [0.3, 0.4) is 0 Å². The molecule has 0 radical (unpaired) electrons. The standard InChI is InChI=1S/C22H23NO3/c1-22(15-18-9-5-6-10-19(18)20(24)26-22)21(25)23-13-11-17(12-14-23)16-7-3-2-4-8-16/h2-10,17H,11-15H2,1H3. The maximum atomic E-state index is 13.1. The number of hydrogen-bond acceptors (Lipinski definition) is 3. The van der Waals surface area contributed by atoms with Crippen LogP contribution in [0.4, 0.5) is 0 Å². The van der Waals surface area contributed by atoms with E-state index in [0.29, 0.717) is 31.0 Å². The molecule has 0 bridgehead atoms. The van der Waals surface area contributed by atoms with Gasteiger partial charge in [-0.05, 0) is 42.9 Å². The van der Waals surface area contributed by atoms with Crippen molar-refractivity contribution in [3.63, 3.8) is 0 Å². The number of ether oxygens (including phenoxy) is 1. The molecule has 134 valence electrons. The predicted molar refractivity (Wildman–Crippen MR) is 99.0 cm³/mol. The van der Waals surface area contributed by atoms with Crippen molar-refractivity contribution < 1.29 is 14.3 Å². The van der Waals surface area contributed by atoms with Crippen LogP contribution in [-0.2, 0) is 16.0 Å². The monoisotopic (exact) mass is 349 g/mol. The van der Waals surface area contributed by atoms with Gasteiger partial charge in [-0.1, -0.05) is 48.5 Å². The molecule has 2 heterocycles. The highest BCUT2D eigenvalue weighted by Crippen LogP contribution is 2.33. The lowest BCUT2D eigenvalue weighted by molar-refractivity contribution is -0.152. The number of carbonyl (C=O) groups excluding carboxylic acids is 2. The Morgan fingerprint density at radius 1 is 1.04 bits per heavy atom. The number of amides is 1. The minimum absolute atomic E-state index is 0.0770. The Morgan fingerprint density at radius 2 is 1.69 bits per heavy atom. The molecule has 1 unspecified atom stereocenters. The molecule has 4 heteroatoms. The fourth-order valence-corrected chi connectivity index (χ4v) is 4.13. The van der Waals surface area contributed by atoms with Crippen LogP contribution in [0.15, 0.2) is 54.6 Å². The molecular weight excluding hydrogens is 326 g/mol. The Balaban J connectivity index is 1.46. The molecule has 1 amide bonds. The second-order valence-corrected chi connectivity index (χ2v) is 7.43.